The Kier molecular flexibility index (Phi) is 6.73. The molecule has 1 saturated heterocycles. The Balaban J connectivity index is 1.34. The van der Waals surface area contributed by atoms with Crippen molar-refractivity contribution in [2.45, 2.75) is 51.6 Å². The highest BCUT2D eigenvalue weighted by Gasteiger charge is 2.24. The molecule has 0 unspecified atom stereocenters. The zero-order valence-electron chi connectivity index (χ0n) is 18.8. The average Bonchev–Trinajstić information content (AvgIpc) is 3.47. The predicted molar refractivity (Wildman–Crippen MR) is 128 cm³/mol. The van der Waals surface area contributed by atoms with E-state index in [4.69, 9.17) is 14.5 Å². The standard InChI is InChI=1S/C25H29N3O4S/c29-22(32-15-14-31-18-8-2-1-3-9-18)17-28-21(16-27-12-6-7-13-27)26-24-23(25(28)30)19-10-4-5-11-20(19)33-24/h1-3,8-9H,4-7,10-17H2. The minimum atomic E-state index is -0.443. The Hall–Kier alpha value is -2.71. The summed E-state index contributed by atoms with van der Waals surface area (Å²) < 4.78 is 12.5. The molecule has 1 aliphatic heterocycles. The number of nitrogens with zero attached hydrogens (tertiary/aromatic N) is 3. The second kappa shape index (κ2) is 10.1. The van der Waals surface area contributed by atoms with Crippen LogP contribution in [0, 0.1) is 0 Å². The molecular formula is C25H29N3O4S. The molecule has 174 valence electrons. The van der Waals surface area contributed by atoms with Crippen LogP contribution in [0.2, 0.25) is 0 Å². The van der Waals surface area contributed by atoms with Crippen molar-refractivity contribution in [3.8, 4) is 5.75 Å². The summed E-state index contributed by atoms with van der Waals surface area (Å²) in [4.78, 5) is 35.5. The van der Waals surface area contributed by atoms with Gasteiger partial charge in [-0.05, 0) is 69.3 Å². The van der Waals surface area contributed by atoms with Crippen molar-refractivity contribution in [2.75, 3.05) is 26.3 Å². The summed E-state index contributed by atoms with van der Waals surface area (Å²) in [6, 6.07) is 9.41. The summed E-state index contributed by atoms with van der Waals surface area (Å²) in [7, 11) is 0. The summed E-state index contributed by atoms with van der Waals surface area (Å²) in [5.41, 5.74) is 1.04. The monoisotopic (exact) mass is 467 g/mol. The quantitative estimate of drug-likeness (QED) is 0.373. The van der Waals surface area contributed by atoms with E-state index < -0.39 is 5.97 Å². The topological polar surface area (TPSA) is 73.7 Å². The molecule has 7 nitrogen and oxygen atoms in total. The third-order valence-corrected chi connectivity index (χ3v) is 7.55. The molecule has 1 aromatic carbocycles. The van der Waals surface area contributed by atoms with Gasteiger partial charge in [0.15, 0.2) is 0 Å². The van der Waals surface area contributed by atoms with Crippen LogP contribution < -0.4 is 10.3 Å². The number of hydrogen-bond acceptors (Lipinski definition) is 7. The van der Waals surface area contributed by atoms with Gasteiger partial charge in [0.1, 0.15) is 36.2 Å². The van der Waals surface area contributed by atoms with Crippen LogP contribution >= 0.6 is 11.3 Å². The maximum Gasteiger partial charge on any atom is 0.326 e. The molecule has 2 aromatic heterocycles. The highest BCUT2D eigenvalue weighted by molar-refractivity contribution is 7.18. The van der Waals surface area contributed by atoms with E-state index in [-0.39, 0.29) is 25.3 Å². The van der Waals surface area contributed by atoms with E-state index in [1.807, 2.05) is 30.3 Å². The smallest absolute Gasteiger partial charge is 0.326 e. The first-order chi connectivity index (χ1) is 16.2. The van der Waals surface area contributed by atoms with Gasteiger partial charge >= 0.3 is 5.97 Å². The number of carbonyl (C=O) groups excluding carboxylic acids is 1. The predicted octanol–water partition coefficient (Wildman–Crippen LogP) is 3.55. The number of benzene rings is 1. The highest BCUT2D eigenvalue weighted by Crippen LogP contribution is 2.34. The Morgan fingerprint density at radius 1 is 1.03 bits per heavy atom. The van der Waals surface area contributed by atoms with Crippen LogP contribution in [0.1, 0.15) is 41.9 Å². The third-order valence-electron chi connectivity index (χ3n) is 6.36. The van der Waals surface area contributed by atoms with Crippen molar-refractivity contribution in [1.29, 1.82) is 0 Å². The van der Waals surface area contributed by atoms with Gasteiger partial charge in [0, 0.05) is 4.88 Å². The van der Waals surface area contributed by atoms with Gasteiger partial charge in [-0.1, -0.05) is 18.2 Å². The molecule has 2 aliphatic rings. The molecule has 1 aliphatic carbocycles. The van der Waals surface area contributed by atoms with Crippen molar-refractivity contribution < 1.29 is 14.3 Å². The molecule has 3 aromatic rings. The molecule has 0 N–H and O–H groups in total. The number of rotatable bonds is 8. The second-order valence-corrected chi connectivity index (χ2v) is 9.76. The first-order valence-corrected chi connectivity index (χ1v) is 12.6. The maximum atomic E-state index is 13.6. The number of fused-ring (bicyclic) bond motifs is 3. The van der Waals surface area contributed by atoms with Crippen LogP contribution in [0.3, 0.4) is 0 Å². The van der Waals surface area contributed by atoms with Gasteiger partial charge in [0.05, 0.1) is 11.9 Å². The Labute approximate surface area is 197 Å². The van der Waals surface area contributed by atoms with Gasteiger partial charge < -0.3 is 9.47 Å². The summed E-state index contributed by atoms with van der Waals surface area (Å²) in [5.74, 6) is 0.946. The van der Waals surface area contributed by atoms with E-state index in [1.54, 1.807) is 15.9 Å². The molecule has 0 bridgehead atoms. The minimum Gasteiger partial charge on any atom is -0.490 e. The van der Waals surface area contributed by atoms with Gasteiger partial charge in [-0.3, -0.25) is 19.1 Å². The zero-order valence-corrected chi connectivity index (χ0v) is 19.6. The van der Waals surface area contributed by atoms with Gasteiger partial charge in [-0.25, -0.2) is 4.98 Å². The van der Waals surface area contributed by atoms with E-state index in [1.165, 1.54) is 4.88 Å². The first-order valence-electron chi connectivity index (χ1n) is 11.8. The van der Waals surface area contributed by atoms with Crippen LogP contribution in [-0.4, -0.2) is 46.7 Å². The van der Waals surface area contributed by atoms with Gasteiger partial charge in [-0.15, -0.1) is 11.3 Å². The average molecular weight is 468 g/mol. The van der Waals surface area contributed by atoms with E-state index in [9.17, 15) is 9.59 Å². The number of aromatic nitrogens is 2. The fraction of sp³-hybridized carbons (Fsp3) is 0.480. The summed E-state index contributed by atoms with van der Waals surface area (Å²) in [6.07, 6.45) is 6.50. The number of aryl methyl sites for hydroxylation is 2. The van der Waals surface area contributed by atoms with Crippen molar-refractivity contribution in [2.24, 2.45) is 0 Å². The number of para-hydroxylation sites is 1. The molecule has 1 fully saturated rings. The second-order valence-electron chi connectivity index (χ2n) is 8.68. The van der Waals surface area contributed by atoms with Crippen molar-refractivity contribution in [3.05, 3.63) is 57.0 Å². The SMILES string of the molecule is O=C(Cn1c(CN2CCCC2)nc2sc3c(c2c1=O)CCCC3)OCCOc1ccccc1. The lowest BCUT2D eigenvalue weighted by atomic mass is 9.97. The number of hydrogen-bond donors (Lipinski definition) is 0. The molecule has 0 saturated carbocycles. The molecule has 33 heavy (non-hydrogen) atoms. The number of ether oxygens (including phenoxy) is 2. The molecule has 3 heterocycles. The fourth-order valence-electron chi connectivity index (χ4n) is 4.71. The van der Waals surface area contributed by atoms with Crippen LogP contribution in [-0.2, 0) is 35.5 Å². The van der Waals surface area contributed by atoms with Gasteiger partial charge in [0.25, 0.3) is 5.56 Å². The van der Waals surface area contributed by atoms with Crippen molar-refractivity contribution in [3.63, 3.8) is 0 Å². The van der Waals surface area contributed by atoms with Crippen molar-refractivity contribution >= 4 is 27.5 Å². The Morgan fingerprint density at radius 3 is 2.64 bits per heavy atom. The van der Waals surface area contributed by atoms with E-state index >= 15 is 0 Å². The van der Waals surface area contributed by atoms with Crippen molar-refractivity contribution in [1.82, 2.24) is 14.5 Å². The largest absolute Gasteiger partial charge is 0.490 e. The first kappa shape index (κ1) is 22.1. The maximum absolute atomic E-state index is 13.6. The number of carbonyl (C=O) groups is 1. The van der Waals surface area contributed by atoms with Crippen LogP contribution in [0.4, 0.5) is 0 Å². The fourth-order valence-corrected chi connectivity index (χ4v) is 5.98. The zero-order chi connectivity index (χ0) is 22.6. The number of thiophene rings is 1. The molecule has 5 rings (SSSR count). The lowest BCUT2D eigenvalue weighted by Crippen LogP contribution is -2.33. The number of esters is 1. The van der Waals surface area contributed by atoms with Crippen LogP contribution in [0.25, 0.3) is 10.2 Å². The summed E-state index contributed by atoms with van der Waals surface area (Å²) in [5, 5.41) is 0.708. The van der Waals surface area contributed by atoms with Gasteiger partial charge in [-0.2, -0.15) is 0 Å². The highest BCUT2D eigenvalue weighted by atomic mass is 32.1. The summed E-state index contributed by atoms with van der Waals surface area (Å²) >= 11 is 1.65. The molecular weight excluding hydrogens is 438 g/mol. The van der Waals surface area contributed by atoms with Crippen LogP contribution in [0.15, 0.2) is 35.1 Å². The Morgan fingerprint density at radius 2 is 1.82 bits per heavy atom. The van der Waals surface area contributed by atoms with E-state index in [0.29, 0.717) is 17.8 Å². The van der Waals surface area contributed by atoms with Gasteiger partial charge in [0.2, 0.25) is 0 Å². The molecule has 0 radical (unpaired) electrons. The molecule has 0 amide bonds. The van der Waals surface area contributed by atoms with E-state index in [2.05, 4.69) is 4.90 Å². The summed E-state index contributed by atoms with van der Waals surface area (Å²) in [6.45, 7) is 2.85. The molecule has 0 atom stereocenters. The lowest BCUT2D eigenvalue weighted by molar-refractivity contribution is -0.145. The third kappa shape index (κ3) is 4.96. The lowest BCUT2D eigenvalue weighted by Gasteiger charge is -2.18. The Bertz CT molecular complexity index is 1180. The molecule has 8 heteroatoms. The van der Waals surface area contributed by atoms with Crippen LogP contribution in [0.5, 0.6) is 5.75 Å². The number of likely N-dealkylation sites (tertiary alicyclic amines) is 1. The minimum absolute atomic E-state index is 0.105. The molecule has 0 spiro atoms. The van der Waals surface area contributed by atoms with E-state index in [0.717, 1.165) is 67.8 Å². The normalized spacial score (nSPS) is 16.1.